The largest absolute Gasteiger partial charge is 0.813 e. The summed E-state index contributed by atoms with van der Waals surface area (Å²) < 4.78 is 12.8. The van der Waals surface area contributed by atoms with Crippen LogP contribution in [0, 0.1) is 35.5 Å². The van der Waals surface area contributed by atoms with Gasteiger partial charge in [0.1, 0.15) is 0 Å². The second-order valence-electron chi connectivity index (χ2n) is 9.28. The first-order valence-electron chi connectivity index (χ1n) is 10.2. The Hall–Kier alpha value is 0.742. The van der Waals surface area contributed by atoms with Crippen molar-refractivity contribution >= 4 is 23.9 Å². The first-order valence-corrected chi connectivity index (χ1v) is 12.9. The third-order valence-corrected chi connectivity index (χ3v) is 8.23. The Labute approximate surface area is 159 Å². The predicted octanol–water partition coefficient (Wildman–Crippen LogP) is 6.16. The van der Waals surface area contributed by atoms with Crippen molar-refractivity contribution in [1.82, 2.24) is 0 Å². The Morgan fingerprint density at radius 3 is 1.46 bits per heavy atom. The molecule has 2 aliphatic rings. The second kappa shape index (κ2) is 9.61. The Morgan fingerprint density at radius 2 is 1.12 bits per heavy atom. The van der Waals surface area contributed by atoms with Gasteiger partial charge in [0.05, 0.1) is 0 Å². The minimum atomic E-state index is -2.09. The van der Waals surface area contributed by atoms with Crippen LogP contribution in [0.3, 0.4) is 0 Å². The van der Waals surface area contributed by atoms with Crippen molar-refractivity contribution in [3.8, 4) is 0 Å². The minimum absolute atomic E-state index is 0.307. The summed E-state index contributed by atoms with van der Waals surface area (Å²) in [4.78, 5) is 0. The molecule has 0 spiro atoms. The topological polar surface area (TPSA) is 18.5 Å². The van der Waals surface area contributed by atoms with E-state index in [1.165, 1.54) is 25.7 Å². The first kappa shape index (κ1) is 21.0. The number of hydrogen-bond donors (Lipinski definition) is 0. The Balaban J connectivity index is 1.93. The van der Waals surface area contributed by atoms with Gasteiger partial charge in [0.25, 0.3) is 0 Å². The highest BCUT2D eigenvalue weighted by Crippen LogP contribution is 2.38. The summed E-state index contributed by atoms with van der Waals surface area (Å²) in [7, 11) is 6.68. The zero-order chi connectivity index (χ0) is 17.9. The molecular formula is C20H38AlClO2. The van der Waals surface area contributed by atoms with E-state index in [-0.39, 0.29) is 0 Å². The van der Waals surface area contributed by atoms with Crippen LogP contribution in [0.25, 0.3) is 0 Å². The zero-order valence-corrected chi connectivity index (χ0v) is 18.5. The van der Waals surface area contributed by atoms with Crippen LogP contribution in [0.4, 0.5) is 0 Å². The molecule has 2 aliphatic carbocycles. The van der Waals surface area contributed by atoms with Crippen LogP contribution < -0.4 is 0 Å². The Morgan fingerprint density at radius 1 is 0.750 bits per heavy atom. The number of rotatable bonds is 6. The minimum Gasteiger partial charge on any atom is -0.463 e. The third kappa shape index (κ3) is 5.88. The van der Waals surface area contributed by atoms with Gasteiger partial charge in [-0.3, -0.25) is 0 Å². The van der Waals surface area contributed by atoms with Crippen LogP contribution in [-0.4, -0.2) is 26.1 Å². The van der Waals surface area contributed by atoms with Gasteiger partial charge in [-0.1, -0.05) is 54.4 Å². The van der Waals surface area contributed by atoms with E-state index in [0.29, 0.717) is 35.9 Å². The van der Waals surface area contributed by atoms with Crippen molar-refractivity contribution < 1.29 is 7.58 Å². The zero-order valence-electron chi connectivity index (χ0n) is 16.6. The van der Waals surface area contributed by atoms with Crippen molar-refractivity contribution in [3.05, 3.63) is 0 Å². The maximum atomic E-state index is 6.68. The van der Waals surface area contributed by atoms with Crippen molar-refractivity contribution in [1.29, 1.82) is 0 Å². The molecule has 0 heterocycles. The van der Waals surface area contributed by atoms with Gasteiger partial charge in [-0.05, 0) is 61.2 Å². The molecule has 2 rings (SSSR count). The molecule has 0 amide bonds. The van der Waals surface area contributed by atoms with E-state index in [1.54, 1.807) is 0 Å². The monoisotopic (exact) mass is 372 g/mol. The van der Waals surface area contributed by atoms with Crippen LogP contribution in [0.15, 0.2) is 0 Å². The fourth-order valence-corrected chi connectivity index (χ4v) is 6.88. The molecule has 2 saturated carbocycles. The van der Waals surface area contributed by atoms with Crippen LogP contribution >= 0.6 is 10.0 Å². The summed E-state index contributed by atoms with van der Waals surface area (Å²) in [5, 5.41) is 0. The van der Waals surface area contributed by atoms with Crippen LogP contribution in [0.1, 0.15) is 80.1 Å². The van der Waals surface area contributed by atoms with Crippen molar-refractivity contribution in [2.75, 3.05) is 0 Å². The van der Waals surface area contributed by atoms with E-state index in [1.807, 2.05) is 0 Å². The van der Waals surface area contributed by atoms with Gasteiger partial charge in [0, 0.05) is 12.2 Å². The lowest BCUT2D eigenvalue weighted by Gasteiger charge is -2.41. The summed E-state index contributed by atoms with van der Waals surface area (Å²) >= 11 is -2.09. The van der Waals surface area contributed by atoms with E-state index < -0.39 is 13.9 Å². The molecule has 140 valence electrons. The summed E-state index contributed by atoms with van der Waals surface area (Å²) in [6.45, 7) is 14.0. The SMILES string of the molecule is CC1CCC(C(C)C)C([O][Al]([Cl])[O]C2CC(C)CCC2C(C)C)C1. The van der Waals surface area contributed by atoms with Gasteiger partial charge in [-0.2, -0.15) is 10.0 Å². The van der Waals surface area contributed by atoms with Crippen molar-refractivity contribution in [2.24, 2.45) is 35.5 Å². The van der Waals surface area contributed by atoms with Crippen molar-refractivity contribution in [2.45, 2.75) is 92.3 Å². The quantitative estimate of drug-likeness (QED) is 0.519. The van der Waals surface area contributed by atoms with Gasteiger partial charge in [-0.15, -0.1) is 0 Å². The van der Waals surface area contributed by atoms with E-state index in [2.05, 4.69) is 41.5 Å². The average Bonchev–Trinajstić information content (AvgIpc) is 2.46. The average molecular weight is 373 g/mol. The molecule has 0 aliphatic heterocycles. The van der Waals surface area contributed by atoms with E-state index in [9.17, 15) is 0 Å². The first-order chi connectivity index (χ1) is 11.3. The van der Waals surface area contributed by atoms with E-state index in [0.717, 1.165) is 24.7 Å². The van der Waals surface area contributed by atoms with Gasteiger partial charge >= 0.3 is 13.9 Å². The number of halogens is 1. The standard InChI is InChI=1S/2C10H19O.Al.ClH/c2*1-7(2)9-5-4-8(3)6-10(9)11;;/h2*7-10H,4-6H2,1-3H3;;1H/q2*-1;+3;/p-1. The molecule has 2 nitrogen and oxygen atoms in total. The Bertz CT molecular complexity index is 343. The normalized spacial score (nSPS) is 37.9. The molecule has 24 heavy (non-hydrogen) atoms. The third-order valence-electron chi connectivity index (χ3n) is 6.49. The van der Waals surface area contributed by atoms with Crippen LogP contribution in [0.2, 0.25) is 0 Å². The fraction of sp³-hybridized carbons (Fsp3) is 1.00. The maximum Gasteiger partial charge on any atom is 0.813 e. The molecule has 4 heteroatoms. The van der Waals surface area contributed by atoms with Gasteiger partial charge in [0.2, 0.25) is 0 Å². The molecule has 0 aromatic rings. The molecule has 2 fully saturated rings. The van der Waals surface area contributed by atoms with Crippen molar-refractivity contribution in [3.63, 3.8) is 0 Å². The van der Waals surface area contributed by atoms with Gasteiger partial charge in [-0.25, -0.2) is 0 Å². The molecule has 0 aromatic carbocycles. The maximum absolute atomic E-state index is 6.68. The van der Waals surface area contributed by atoms with Gasteiger partial charge < -0.3 is 7.58 Å². The molecule has 6 unspecified atom stereocenters. The lowest BCUT2D eigenvalue weighted by Crippen LogP contribution is -2.42. The highest BCUT2D eigenvalue weighted by Gasteiger charge is 2.40. The second-order valence-corrected chi connectivity index (χ2v) is 11.4. The highest BCUT2D eigenvalue weighted by molar-refractivity contribution is 6.99. The fourth-order valence-electron chi connectivity index (χ4n) is 4.85. The highest BCUT2D eigenvalue weighted by atomic mass is 35.6. The Kier molecular flexibility index (Phi) is 8.43. The summed E-state index contributed by atoms with van der Waals surface area (Å²) in [5.74, 6) is 4.12. The predicted molar refractivity (Wildman–Crippen MR) is 104 cm³/mol. The summed E-state index contributed by atoms with van der Waals surface area (Å²) in [6, 6.07) is 0. The van der Waals surface area contributed by atoms with Crippen LogP contribution in [0.5, 0.6) is 0 Å². The molecule has 0 bridgehead atoms. The molecule has 0 radical (unpaired) electrons. The van der Waals surface area contributed by atoms with E-state index >= 15 is 0 Å². The van der Waals surface area contributed by atoms with E-state index in [4.69, 9.17) is 17.6 Å². The number of hydrogen-bond acceptors (Lipinski definition) is 2. The lowest BCUT2D eigenvalue weighted by atomic mass is 9.75. The van der Waals surface area contributed by atoms with Crippen LogP contribution in [-0.2, 0) is 7.58 Å². The molecule has 6 atom stereocenters. The van der Waals surface area contributed by atoms with Gasteiger partial charge in [0.15, 0.2) is 0 Å². The summed E-state index contributed by atoms with van der Waals surface area (Å²) in [6.07, 6.45) is 8.12. The smallest absolute Gasteiger partial charge is 0.463 e. The summed E-state index contributed by atoms with van der Waals surface area (Å²) in [5.41, 5.74) is 0. The molecular weight excluding hydrogens is 335 g/mol. The molecule has 0 saturated heterocycles. The molecule has 0 N–H and O–H groups in total. The lowest BCUT2D eigenvalue weighted by molar-refractivity contribution is -0.00778. The molecule has 0 aromatic heterocycles.